The predicted octanol–water partition coefficient (Wildman–Crippen LogP) is 3.39. The first-order valence-corrected chi connectivity index (χ1v) is 8.27. The van der Waals surface area contributed by atoms with Gasteiger partial charge < -0.3 is 4.90 Å². The van der Waals surface area contributed by atoms with E-state index in [4.69, 9.17) is 0 Å². The Morgan fingerprint density at radius 3 is 2.67 bits per heavy atom. The zero-order chi connectivity index (χ0) is 15.0. The van der Waals surface area contributed by atoms with Crippen LogP contribution >= 0.6 is 0 Å². The van der Waals surface area contributed by atoms with E-state index in [0.717, 1.165) is 12.8 Å². The molecule has 3 unspecified atom stereocenters. The fourth-order valence-corrected chi connectivity index (χ4v) is 3.52. The van der Waals surface area contributed by atoms with Gasteiger partial charge in [0, 0.05) is 6.04 Å². The Bertz CT molecular complexity index is 524. The van der Waals surface area contributed by atoms with Crippen molar-refractivity contribution < 1.29 is 4.79 Å². The van der Waals surface area contributed by atoms with Gasteiger partial charge in [0.1, 0.15) is 6.17 Å². The Balaban J connectivity index is 1.91. The summed E-state index contributed by atoms with van der Waals surface area (Å²) >= 11 is 0. The van der Waals surface area contributed by atoms with Crippen LogP contribution in [0, 0.1) is 12.8 Å². The first kappa shape index (κ1) is 14.6. The fourth-order valence-electron chi connectivity index (χ4n) is 3.52. The van der Waals surface area contributed by atoms with Gasteiger partial charge in [-0.15, -0.1) is 0 Å². The minimum atomic E-state index is -0.0131. The summed E-state index contributed by atoms with van der Waals surface area (Å²) in [6.45, 7) is 6.50. The molecule has 3 nitrogen and oxygen atoms in total. The minimum absolute atomic E-state index is 0.0131. The van der Waals surface area contributed by atoms with Crippen LogP contribution in [-0.2, 0) is 4.79 Å². The molecule has 1 saturated heterocycles. The molecular formula is C18H26N2O. The summed E-state index contributed by atoms with van der Waals surface area (Å²) < 4.78 is 0. The van der Waals surface area contributed by atoms with Gasteiger partial charge in [-0.3, -0.25) is 10.1 Å². The molecule has 0 radical (unpaired) electrons. The van der Waals surface area contributed by atoms with Crippen LogP contribution in [0.15, 0.2) is 24.3 Å². The molecule has 1 N–H and O–H groups in total. The highest BCUT2D eigenvalue weighted by atomic mass is 16.2. The standard InChI is InChI=1S/C18H26N2O/c1-4-7-16-18(21)20(13(3)14-10-11-14)17(19-16)15-9-6-5-8-12(15)2/h5-6,8-9,13-14,16-17,19H,4,7,10-11H2,1-3H3. The maximum Gasteiger partial charge on any atom is 0.241 e. The topological polar surface area (TPSA) is 32.3 Å². The van der Waals surface area contributed by atoms with Crippen LogP contribution in [0.1, 0.15) is 56.8 Å². The molecule has 1 aliphatic carbocycles. The zero-order valence-corrected chi connectivity index (χ0v) is 13.3. The van der Waals surface area contributed by atoms with Crippen molar-refractivity contribution in [3.63, 3.8) is 0 Å². The lowest BCUT2D eigenvalue weighted by Crippen LogP contribution is -2.40. The summed E-state index contributed by atoms with van der Waals surface area (Å²) in [5.74, 6) is 0.993. The smallest absolute Gasteiger partial charge is 0.241 e. The second-order valence-electron chi connectivity index (χ2n) is 6.59. The van der Waals surface area contributed by atoms with Crippen LogP contribution in [0.3, 0.4) is 0 Å². The van der Waals surface area contributed by atoms with Crippen molar-refractivity contribution in [1.29, 1.82) is 0 Å². The molecule has 3 heteroatoms. The number of carbonyl (C=O) groups is 1. The third kappa shape index (κ3) is 2.71. The Morgan fingerprint density at radius 1 is 1.33 bits per heavy atom. The number of amides is 1. The number of nitrogens with zero attached hydrogens (tertiary/aromatic N) is 1. The molecule has 0 spiro atoms. The second-order valence-corrected chi connectivity index (χ2v) is 6.59. The average Bonchev–Trinajstić information content (AvgIpc) is 3.26. The summed E-state index contributed by atoms with van der Waals surface area (Å²) in [5.41, 5.74) is 2.50. The second kappa shape index (κ2) is 5.80. The van der Waals surface area contributed by atoms with E-state index in [1.807, 2.05) is 0 Å². The van der Waals surface area contributed by atoms with Crippen LogP contribution in [-0.4, -0.2) is 22.9 Å². The number of carbonyl (C=O) groups excluding carboxylic acids is 1. The van der Waals surface area contributed by atoms with E-state index >= 15 is 0 Å². The van der Waals surface area contributed by atoms with Gasteiger partial charge in [-0.2, -0.15) is 0 Å². The van der Waals surface area contributed by atoms with E-state index in [1.165, 1.54) is 24.0 Å². The maximum absolute atomic E-state index is 12.8. The summed E-state index contributed by atoms with van der Waals surface area (Å²) in [6, 6.07) is 8.75. The number of hydrogen-bond acceptors (Lipinski definition) is 2. The highest BCUT2D eigenvalue weighted by molar-refractivity contribution is 5.85. The van der Waals surface area contributed by atoms with Crippen molar-refractivity contribution in [1.82, 2.24) is 10.2 Å². The van der Waals surface area contributed by atoms with Crippen molar-refractivity contribution >= 4 is 5.91 Å². The lowest BCUT2D eigenvalue weighted by atomic mass is 10.0. The van der Waals surface area contributed by atoms with Gasteiger partial charge >= 0.3 is 0 Å². The Labute approximate surface area is 127 Å². The largest absolute Gasteiger partial charge is 0.319 e. The van der Waals surface area contributed by atoms with Crippen LogP contribution in [0.4, 0.5) is 0 Å². The predicted molar refractivity (Wildman–Crippen MR) is 84.8 cm³/mol. The van der Waals surface area contributed by atoms with Crippen molar-refractivity contribution in [2.45, 2.75) is 64.7 Å². The molecule has 2 aliphatic rings. The maximum atomic E-state index is 12.8. The molecule has 1 aromatic rings. The molecule has 0 bridgehead atoms. The molecule has 1 aromatic carbocycles. The number of rotatable bonds is 5. The Hall–Kier alpha value is -1.35. The number of benzene rings is 1. The van der Waals surface area contributed by atoms with Gasteiger partial charge in [0.05, 0.1) is 6.04 Å². The first-order chi connectivity index (χ1) is 10.1. The normalized spacial score (nSPS) is 27.2. The van der Waals surface area contributed by atoms with Gasteiger partial charge in [0.2, 0.25) is 5.91 Å². The molecule has 0 aromatic heterocycles. The van der Waals surface area contributed by atoms with Crippen LogP contribution in [0.5, 0.6) is 0 Å². The number of aryl methyl sites for hydroxylation is 1. The van der Waals surface area contributed by atoms with E-state index in [-0.39, 0.29) is 12.2 Å². The molecule has 3 atom stereocenters. The lowest BCUT2D eigenvalue weighted by Gasteiger charge is -2.31. The summed E-state index contributed by atoms with van der Waals surface area (Å²) in [4.78, 5) is 15.0. The third-order valence-electron chi connectivity index (χ3n) is 4.99. The molecule has 1 heterocycles. The molecule has 21 heavy (non-hydrogen) atoms. The quantitative estimate of drug-likeness (QED) is 0.900. The van der Waals surface area contributed by atoms with E-state index in [0.29, 0.717) is 17.9 Å². The lowest BCUT2D eigenvalue weighted by molar-refractivity contribution is -0.132. The summed E-state index contributed by atoms with van der Waals surface area (Å²) in [5, 5.41) is 3.59. The summed E-state index contributed by atoms with van der Waals surface area (Å²) in [7, 11) is 0. The SMILES string of the molecule is CCCC1NC(c2ccccc2C)N(C(C)C2CC2)C1=O. The van der Waals surface area contributed by atoms with Gasteiger partial charge in [-0.25, -0.2) is 0 Å². The molecule has 1 aliphatic heterocycles. The minimum Gasteiger partial charge on any atom is -0.319 e. The van der Waals surface area contributed by atoms with Crippen molar-refractivity contribution in [3.8, 4) is 0 Å². The number of nitrogens with one attached hydrogen (secondary N) is 1. The molecule has 1 saturated carbocycles. The van der Waals surface area contributed by atoms with Gasteiger partial charge in [-0.05, 0) is 50.2 Å². The van der Waals surface area contributed by atoms with E-state index < -0.39 is 0 Å². The van der Waals surface area contributed by atoms with Crippen LogP contribution in [0.2, 0.25) is 0 Å². The van der Waals surface area contributed by atoms with Gasteiger partial charge in [-0.1, -0.05) is 37.6 Å². The summed E-state index contributed by atoms with van der Waals surface area (Å²) in [6.07, 6.45) is 4.55. The molecule has 114 valence electrons. The van der Waals surface area contributed by atoms with Crippen molar-refractivity contribution in [2.75, 3.05) is 0 Å². The fraction of sp³-hybridized carbons (Fsp3) is 0.611. The number of hydrogen-bond donors (Lipinski definition) is 1. The Kier molecular flexibility index (Phi) is 4.03. The zero-order valence-electron chi connectivity index (χ0n) is 13.3. The van der Waals surface area contributed by atoms with E-state index in [2.05, 4.69) is 55.3 Å². The average molecular weight is 286 g/mol. The molecule has 2 fully saturated rings. The molecular weight excluding hydrogens is 260 g/mol. The third-order valence-corrected chi connectivity index (χ3v) is 4.99. The van der Waals surface area contributed by atoms with Gasteiger partial charge in [0.15, 0.2) is 0 Å². The molecule has 3 rings (SSSR count). The van der Waals surface area contributed by atoms with E-state index in [9.17, 15) is 4.79 Å². The van der Waals surface area contributed by atoms with Crippen molar-refractivity contribution in [3.05, 3.63) is 35.4 Å². The van der Waals surface area contributed by atoms with E-state index in [1.54, 1.807) is 0 Å². The molecule has 1 amide bonds. The van der Waals surface area contributed by atoms with Crippen LogP contribution < -0.4 is 5.32 Å². The highest BCUT2D eigenvalue weighted by Crippen LogP contribution is 2.40. The highest BCUT2D eigenvalue weighted by Gasteiger charge is 2.45. The van der Waals surface area contributed by atoms with Gasteiger partial charge in [0.25, 0.3) is 0 Å². The monoisotopic (exact) mass is 286 g/mol. The van der Waals surface area contributed by atoms with Crippen LogP contribution in [0.25, 0.3) is 0 Å². The first-order valence-electron chi connectivity index (χ1n) is 8.27. The Morgan fingerprint density at radius 2 is 2.05 bits per heavy atom. The van der Waals surface area contributed by atoms with Crippen molar-refractivity contribution in [2.24, 2.45) is 5.92 Å².